The molecule has 14 nitrogen and oxygen atoms in total. The summed E-state index contributed by atoms with van der Waals surface area (Å²) in [6, 6.07) is 4.63. The number of carbonyl (C=O) groups is 4. The van der Waals surface area contributed by atoms with Crippen LogP contribution in [0.15, 0.2) is 18.2 Å². The zero-order valence-electron chi connectivity index (χ0n) is 24.4. The molecule has 3 atom stereocenters. The Bertz CT molecular complexity index is 891. The second kappa shape index (κ2) is 23.6. The Morgan fingerprint density at radius 2 is 1.71 bits per heavy atom. The van der Waals surface area contributed by atoms with E-state index < -0.39 is 30.4 Å². The number of nitrogens with two attached hydrogens (primary N) is 1. The molecular formula is C27H44N2O12. The minimum Gasteiger partial charge on any atom is -0.469 e. The van der Waals surface area contributed by atoms with Crippen LogP contribution < -0.4 is 15.8 Å². The van der Waals surface area contributed by atoms with Crippen molar-refractivity contribution in [3.8, 4) is 5.75 Å². The molecule has 0 spiro atoms. The summed E-state index contributed by atoms with van der Waals surface area (Å²) in [6.07, 6.45) is -1.45. The number of aliphatic hydroxyl groups is 1. The number of rotatable bonds is 14. The molecule has 2 rings (SSSR count). The summed E-state index contributed by atoms with van der Waals surface area (Å²) in [5, 5.41) is 12.1. The van der Waals surface area contributed by atoms with Crippen LogP contribution in [-0.4, -0.2) is 109 Å². The molecule has 1 aromatic rings. The third kappa shape index (κ3) is 18.0. The van der Waals surface area contributed by atoms with E-state index >= 15 is 0 Å². The Morgan fingerprint density at radius 3 is 2.22 bits per heavy atom. The van der Waals surface area contributed by atoms with Crippen molar-refractivity contribution < 1.29 is 57.4 Å². The molecule has 1 aliphatic rings. The van der Waals surface area contributed by atoms with Crippen molar-refractivity contribution in [3.63, 3.8) is 0 Å². The van der Waals surface area contributed by atoms with Crippen molar-refractivity contribution in [2.45, 2.75) is 51.8 Å². The first-order valence-electron chi connectivity index (χ1n) is 13.0. The van der Waals surface area contributed by atoms with Crippen LogP contribution in [0, 0.1) is 0 Å². The first-order chi connectivity index (χ1) is 19.6. The Hall–Kier alpha value is -3.14. The van der Waals surface area contributed by atoms with Gasteiger partial charge in [-0.3, -0.25) is 14.4 Å². The normalized spacial score (nSPS) is 17.5. The van der Waals surface area contributed by atoms with Gasteiger partial charge in [0.2, 0.25) is 6.29 Å². The monoisotopic (exact) mass is 588 g/mol. The molecule has 0 radical (unpaired) electrons. The summed E-state index contributed by atoms with van der Waals surface area (Å²) in [4.78, 5) is 43.8. The van der Waals surface area contributed by atoms with E-state index in [-0.39, 0.29) is 36.7 Å². The van der Waals surface area contributed by atoms with E-state index in [0.717, 1.165) is 13.2 Å². The third-order valence-electron chi connectivity index (χ3n) is 5.11. The number of hydrogen-bond acceptors (Lipinski definition) is 14. The number of nitrogens with one attached hydrogen (secondary N) is 1. The lowest BCUT2D eigenvalue weighted by Gasteiger charge is -2.33. The number of esters is 3. The van der Waals surface area contributed by atoms with Gasteiger partial charge in [-0.1, -0.05) is 6.07 Å². The van der Waals surface area contributed by atoms with Crippen LogP contribution in [0.3, 0.4) is 0 Å². The first-order valence-corrected chi connectivity index (χ1v) is 13.0. The first kappa shape index (κ1) is 37.9. The molecule has 1 aliphatic heterocycles. The van der Waals surface area contributed by atoms with Gasteiger partial charge in [0.15, 0.2) is 12.4 Å². The molecule has 0 saturated carbocycles. The van der Waals surface area contributed by atoms with Gasteiger partial charge in [0.05, 0.1) is 52.8 Å². The molecule has 4 N–H and O–H groups in total. The highest BCUT2D eigenvalue weighted by Crippen LogP contribution is 2.28. The fraction of sp³-hybridized carbons (Fsp3) is 0.630. The van der Waals surface area contributed by atoms with E-state index in [1.54, 1.807) is 6.07 Å². The highest BCUT2D eigenvalue weighted by molar-refractivity contribution is 5.79. The Morgan fingerprint density at radius 1 is 1.05 bits per heavy atom. The molecule has 1 heterocycles. The van der Waals surface area contributed by atoms with Crippen LogP contribution in [0.25, 0.3) is 0 Å². The number of methoxy groups -OCH3 is 2. The highest BCUT2D eigenvalue weighted by atomic mass is 16.7. The quantitative estimate of drug-likeness (QED) is 0.117. The molecule has 14 heteroatoms. The van der Waals surface area contributed by atoms with E-state index in [2.05, 4.69) is 14.8 Å². The Balaban J connectivity index is 0.000000828. The molecule has 0 bridgehead atoms. The molecule has 1 fully saturated rings. The number of carbonyl (C=O) groups excluding carboxylic acids is 4. The molecule has 1 saturated heterocycles. The number of ether oxygens (including phenoxy) is 7. The number of hydrogen-bond donors (Lipinski definition) is 3. The largest absolute Gasteiger partial charge is 0.469 e. The minimum absolute atomic E-state index is 0.163. The molecular weight excluding hydrogens is 544 g/mol. The second-order valence-corrected chi connectivity index (χ2v) is 8.36. The maximum atomic E-state index is 11.8. The molecule has 0 amide bonds. The standard InChI is InChI=1S/C17H20O8.C7H18N2O2.C3H6O2/c1-10(20)23-13-6-15(17(21)22-2)25-16(7-13)24-14-4-3-11(8-18)5-12(14)9-19;1-9-3-5-11-7-6-10-4-2-8;1-3(4)5-2/h3-5,9,13,15-16,18H,6-8H2,1-2H3;9H,2-8H2,1H3;1-2H3. The van der Waals surface area contributed by atoms with Gasteiger partial charge in [-0.25, -0.2) is 4.79 Å². The van der Waals surface area contributed by atoms with Crippen molar-refractivity contribution in [3.05, 3.63) is 29.3 Å². The number of aldehydes is 1. The molecule has 1 aromatic carbocycles. The maximum absolute atomic E-state index is 11.8. The summed E-state index contributed by atoms with van der Waals surface area (Å²) in [5.74, 6) is -1.08. The van der Waals surface area contributed by atoms with Crippen LogP contribution in [0.4, 0.5) is 0 Å². The van der Waals surface area contributed by atoms with Crippen LogP contribution in [0.5, 0.6) is 5.75 Å². The molecule has 3 unspecified atom stereocenters. The summed E-state index contributed by atoms with van der Waals surface area (Å²) >= 11 is 0. The van der Waals surface area contributed by atoms with E-state index in [1.807, 2.05) is 7.05 Å². The van der Waals surface area contributed by atoms with Gasteiger partial charge in [-0.2, -0.15) is 0 Å². The zero-order chi connectivity index (χ0) is 31.0. The van der Waals surface area contributed by atoms with Gasteiger partial charge in [0.1, 0.15) is 11.9 Å². The van der Waals surface area contributed by atoms with E-state index in [0.29, 0.717) is 38.2 Å². The average molecular weight is 589 g/mol. The van der Waals surface area contributed by atoms with E-state index in [9.17, 15) is 19.2 Å². The van der Waals surface area contributed by atoms with Crippen LogP contribution in [-0.2, 0) is 49.4 Å². The van der Waals surface area contributed by atoms with Gasteiger partial charge in [0, 0.05) is 39.8 Å². The van der Waals surface area contributed by atoms with Crippen molar-refractivity contribution >= 4 is 24.2 Å². The van der Waals surface area contributed by atoms with Crippen LogP contribution >= 0.6 is 0 Å². The fourth-order valence-electron chi connectivity index (χ4n) is 3.15. The van der Waals surface area contributed by atoms with E-state index in [1.165, 1.54) is 40.2 Å². The Labute approximate surface area is 240 Å². The molecule has 41 heavy (non-hydrogen) atoms. The van der Waals surface area contributed by atoms with Gasteiger partial charge in [-0.15, -0.1) is 0 Å². The van der Waals surface area contributed by atoms with Crippen molar-refractivity contribution in [2.75, 3.05) is 60.8 Å². The predicted molar refractivity (Wildman–Crippen MR) is 146 cm³/mol. The van der Waals surface area contributed by atoms with Crippen molar-refractivity contribution in [1.82, 2.24) is 5.32 Å². The van der Waals surface area contributed by atoms with Gasteiger partial charge >= 0.3 is 17.9 Å². The SMILES string of the molecule is CNCCOCCOCCN.COC(=O)C1CC(OC(C)=O)CC(Oc2ccc(CO)cc2C=O)O1.COC(C)=O. The average Bonchev–Trinajstić information content (AvgIpc) is 2.96. The summed E-state index contributed by atoms with van der Waals surface area (Å²) in [5.41, 5.74) is 6.01. The van der Waals surface area contributed by atoms with Crippen molar-refractivity contribution in [1.29, 1.82) is 0 Å². The zero-order valence-corrected chi connectivity index (χ0v) is 24.4. The number of aliphatic hydroxyl groups excluding tert-OH is 1. The molecule has 234 valence electrons. The summed E-state index contributed by atoms with van der Waals surface area (Å²) < 4.78 is 35.5. The predicted octanol–water partition coefficient (Wildman–Crippen LogP) is 0.357. The van der Waals surface area contributed by atoms with Crippen LogP contribution in [0.1, 0.15) is 42.6 Å². The fourth-order valence-corrected chi connectivity index (χ4v) is 3.15. The van der Waals surface area contributed by atoms with E-state index in [4.69, 9.17) is 34.5 Å². The van der Waals surface area contributed by atoms with Crippen LogP contribution in [0.2, 0.25) is 0 Å². The minimum atomic E-state index is -0.940. The Kier molecular flexibility index (Phi) is 21.7. The van der Waals surface area contributed by atoms with Gasteiger partial charge in [0.25, 0.3) is 0 Å². The summed E-state index contributed by atoms with van der Waals surface area (Å²) in [6.45, 7) is 6.55. The second-order valence-electron chi connectivity index (χ2n) is 8.36. The lowest BCUT2D eigenvalue weighted by Crippen LogP contribution is -2.44. The van der Waals surface area contributed by atoms with Gasteiger partial charge < -0.3 is 49.3 Å². The number of likely N-dealkylation sites (N-methyl/N-ethyl adjacent to an activating group) is 1. The van der Waals surface area contributed by atoms with Gasteiger partial charge in [-0.05, 0) is 24.7 Å². The summed E-state index contributed by atoms with van der Waals surface area (Å²) in [7, 11) is 4.48. The highest BCUT2D eigenvalue weighted by Gasteiger charge is 2.37. The van der Waals surface area contributed by atoms with Crippen molar-refractivity contribution in [2.24, 2.45) is 5.73 Å². The topological polar surface area (TPSA) is 191 Å². The molecule has 0 aromatic heterocycles. The lowest BCUT2D eigenvalue weighted by molar-refractivity contribution is -0.204. The maximum Gasteiger partial charge on any atom is 0.335 e. The number of benzene rings is 1. The molecule has 0 aliphatic carbocycles. The lowest BCUT2D eigenvalue weighted by atomic mass is 10.0. The third-order valence-corrected chi connectivity index (χ3v) is 5.11. The smallest absolute Gasteiger partial charge is 0.335 e.